The van der Waals surface area contributed by atoms with Crippen LogP contribution >= 0.6 is 0 Å². The maximum Gasteiger partial charge on any atom is 0.161 e. The SMILES string of the molecule is CNc1cc(-c2ccccc2)ccc1C(C)=O.O=Cc1ccc(-n2ccnc2)cc1O. The van der Waals surface area contributed by atoms with Gasteiger partial charge in [0.05, 0.1) is 17.6 Å². The molecule has 31 heavy (non-hydrogen) atoms. The molecule has 156 valence electrons. The minimum atomic E-state index is -0.0220. The van der Waals surface area contributed by atoms with Crippen LogP contribution in [-0.2, 0) is 0 Å². The van der Waals surface area contributed by atoms with Gasteiger partial charge >= 0.3 is 0 Å². The number of anilines is 1. The Morgan fingerprint density at radius 1 is 1.03 bits per heavy atom. The number of aromatic nitrogens is 2. The van der Waals surface area contributed by atoms with E-state index in [1.807, 2.05) is 43.4 Å². The molecule has 0 bridgehead atoms. The Morgan fingerprint density at radius 3 is 2.39 bits per heavy atom. The average Bonchev–Trinajstić information content (AvgIpc) is 3.34. The summed E-state index contributed by atoms with van der Waals surface area (Å²) in [5, 5.41) is 12.5. The van der Waals surface area contributed by atoms with Gasteiger partial charge < -0.3 is 15.0 Å². The van der Waals surface area contributed by atoms with E-state index < -0.39 is 0 Å². The maximum atomic E-state index is 11.4. The van der Waals surface area contributed by atoms with Gasteiger partial charge in [-0.1, -0.05) is 36.4 Å². The molecule has 4 aromatic rings. The summed E-state index contributed by atoms with van der Waals surface area (Å²) >= 11 is 0. The highest BCUT2D eigenvalue weighted by Gasteiger charge is 2.07. The molecule has 6 heteroatoms. The molecule has 0 aliphatic rings. The molecule has 0 amide bonds. The van der Waals surface area contributed by atoms with Crippen molar-refractivity contribution in [2.75, 3.05) is 12.4 Å². The second-order valence-electron chi connectivity index (χ2n) is 6.76. The second-order valence-corrected chi connectivity index (χ2v) is 6.76. The number of aromatic hydroxyl groups is 1. The number of carbonyl (C=O) groups excluding carboxylic acids is 2. The number of rotatable bonds is 5. The number of hydrogen-bond donors (Lipinski definition) is 2. The average molecular weight is 413 g/mol. The fraction of sp³-hybridized carbons (Fsp3) is 0.0800. The van der Waals surface area contributed by atoms with Crippen LogP contribution < -0.4 is 5.32 Å². The third kappa shape index (κ3) is 5.25. The molecule has 4 rings (SSSR count). The summed E-state index contributed by atoms with van der Waals surface area (Å²) in [7, 11) is 1.83. The van der Waals surface area contributed by atoms with E-state index in [2.05, 4.69) is 22.4 Å². The number of benzene rings is 3. The molecule has 0 aliphatic heterocycles. The third-order valence-corrected chi connectivity index (χ3v) is 4.72. The van der Waals surface area contributed by atoms with Crippen LogP contribution in [-0.4, -0.2) is 33.8 Å². The number of imidazole rings is 1. The Balaban J connectivity index is 0.000000179. The normalized spacial score (nSPS) is 10.0. The summed E-state index contributed by atoms with van der Waals surface area (Å²) in [6.07, 6.45) is 5.64. The Bertz CT molecular complexity index is 1170. The largest absolute Gasteiger partial charge is 0.507 e. The van der Waals surface area contributed by atoms with Crippen LogP contribution in [0, 0.1) is 0 Å². The highest BCUT2D eigenvalue weighted by Crippen LogP contribution is 2.25. The van der Waals surface area contributed by atoms with E-state index in [4.69, 9.17) is 0 Å². The van der Waals surface area contributed by atoms with Crippen molar-refractivity contribution in [2.45, 2.75) is 6.92 Å². The molecule has 0 saturated carbocycles. The number of phenols is 1. The van der Waals surface area contributed by atoms with Gasteiger partial charge in [0.25, 0.3) is 0 Å². The van der Waals surface area contributed by atoms with Gasteiger partial charge in [-0.2, -0.15) is 0 Å². The summed E-state index contributed by atoms with van der Waals surface area (Å²) in [5.41, 5.74) is 4.92. The van der Waals surface area contributed by atoms with E-state index in [1.165, 1.54) is 6.07 Å². The lowest BCUT2D eigenvalue weighted by molar-refractivity contribution is 0.101. The predicted octanol–water partition coefficient (Wildman–Crippen LogP) is 4.99. The van der Waals surface area contributed by atoms with E-state index in [1.54, 1.807) is 42.3 Å². The van der Waals surface area contributed by atoms with Crippen molar-refractivity contribution in [2.24, 2.45) is 0 Å². The van der Waals surface area contributed by atoms with Crippen molar-refractivity contribution < 1.29 is 14.7 Å². The van der Waals surface area contributed by atoms with E-state index in [0.29, 0.717) is 6.29 Å². The summed E-state index contributed by atoms with van der Waals surface area (Å²) < 4.78 is 1.74. The minimum absolute atomic E-state index is 0.0220. The summed E-state index contributed by atoms with van der Waals surface area (Å²) in [5.74, 6) is 0.0557. The first kappa shape index (κ1) is 21.5. The first-order valence-electron chi connectivity index (χ1n) is 9.68. The van der Waals surface area contributed by atoms with Gasteiger partial charge in [-0.05, 0) is 42.3 Å². The van der Waals surface area contributed by atoms with Gasteiger partial charge in [0.15, 0.2) is 12.1 Å². The quantitative estimate of drug-likeness (QED) is 0.356. The topological polar surface area (TPSA) is 84.2 Å². The highest BCUT2D eigenvalue weighted by atomic mass is 16.3. The highest BCUT2D eigenvalue weighted by molar-refractivity contribution is 6.00. The number of nitrogens with one attached hydrogen (secondary N) is 1. The van der Waals surface area contributed by atoms with Crippen molar-refractivity contribution >= 4 is 17.8 Å². The molecule has 2 N–H and O–H groups in total. The minimum Gasteiger partial charge on any atom is -0.507 e. The third-order valence-electron chi connectivity index (χ3n) is 4.72. The summed E-state index contributed by atoms with van der Waals surface area (Å²) in [6, 6.07) is 20.8. The number of ketones is 1. The Morgan fingerprint density at radius 2 is 1.81 bits per heavy atom. The van der Waals surface area contributed by atoms with Crippen LogP contribution in [0.5, 0.6) is 5.75 Å². The summed E-state index contributed by atoms with van der Waals surface area (Å²) in [6.45, 7) is 1.58. The zero-order valence-corrected chi connectivity index (χ0v) is 17.3. The number of nitrogens with zero attached hydrogens (tertiary/aromatic N) is 2. The van der Waals surface area contributed by atoms with E-state index in [9.17, 15) is 14.7 Å². The Labute approximate surface area is 180 Å². The van der Waals surface area contributed by atoms with Gasteiger partial charge in [0.2, 0.25) is 0 Å². The van der Waals surface area contributed by atoms with Gasteiger partial charge in [0, 0.05) is 36.8 Å². The lowest BCUT2D eigenvalue weighted by Crippen LogP contribution is -2.00. The standard InChI is InChI=1S/C15H15NO.C10H8N2O2/c1-11(17)14-9-8-13(10-15(14)16-2)12-6-4-3-5-7-12;13-6-8-1-2-9(5-10(8)14)12-4-3-11-7-12/h3-10,16H,1-2H3;1-7,14H. The van der Waals surface area contributed by atoms with Crippen LogP contribution in [0.1, 0.15) is 27.6 Å². The second kappa shape index (κ2) is 10.0. The zero-order valence-electron chi connectivity index (χ0n) is 17.3. The molecule has 0 atom stereocenters. The van der Waals surface area contributed by atoms with Crippen molar-refractivity contribution in [3.05, 3.63) is 96.6 Å². The number of Topliss-reactive ketones (excluding diaryl/α,β-unsaturated/α-hetero) is 1. The molecule has 1 aromatic heterocycles. The summed E-state index contributed by atoms with van der Waals surface area (Å²) in [4.78, 5) is 25.8. The van der Waals surface area contributed by atoms with E-state index >= 15 is 0 Å². The molecule has 3 aromatic carbocycles. The van der Waals surface area contributed by atoms with Crippen molar-refractivity contribution in [1.82, 2.24) is 9.55 Å². The molecule has 0 fully saturated rings. The molecule has 6 nitrogen and oxygen atoms in total. The van der Waals surface area contributed by atoms with Gasteiger partial charge in [-0.3, -0.25) is 9.59 Å². The molecule has 0 saturated heterocycles. The molecule has 0 aliphatic carbocycles. The molecule has 0 spiro atoms. The predicted molar refractivity (Wildman–Crippen MR) is 122 cm³/mol. The Hall–Kier alpha value is -4.19. The maximum absolute atomic E-state index is 11.4. The fourth-order valence-corrected chi connectivity index (χ4v) is 3.07. The van der Waals surface area contributed by atoms with Crippen molar-refractivity contribution in [1.29, 1.82) is 0 Å². The van der Waals surface area contributed by atoms with Crippen LogP contribution in [0.3, 0.4) is 0 Å². The van der Waals surface area contributed by atoms with Gasteiger partial charge in [-0.15, -0.1) is 0 Å². The van der Waals surface area contributed by atoms with Crippen molar-refractivity contribution in [3.63, 3.8) is 0 Å². The Kier molecular flexibility index (Phi) is 6.96. The smallest absolute Gasteiger partial charge is 0.161 e. The lowest BCUT2D eigenvalue weighted by Gasteiger charge is -2.09. The van der Waals surface area contributed by atoms with E-state index in [0.717, 1.165) is 28.1 Å². The van der Waals surface area contributed by atoms with Crippen LogP contribution in [0.4, 0.5) is 5.69 Å². The molecule has 0 unspecified atom stereocenters. The van der Waals surface area contributed by atoms with E-state index in [-0.39, 0.29) is 17.1 Å². The number of phenolic OH excluding ortho intramolecular Hbond substituents is 1. The van der Waals surface area contributed by atoms with Crippen LogP contribution in [0.25, 0.3) is 16.8 Å². The van der Waals surface area contributed by atoms with Gasteiger partial charge in [0.1, 0.15) is 5.75 Å². The monoisotopic (exact) mass is 413 g/mol. The zero-order chi connectivity index (χ0) is 22.2. The first-order chi connectivity index (χ1) is 15.0. The fourth-order valence-electron chi connectivity index (χ4n) is 3.07. The lowest BCUT2D eigenvalue weighted by atomic mass is 10.0. The molecule has 1 heterocycles. The molecular formula is C25H23N3O3. The van der Waals surface area contributed by atoms with Crippen LogP contribution in [0.2, 0.25) is 0 Å². The number of hydrogen-bond acceptors (Lipinski definition) is 5. The number of aldehydes is 1. The van der Waals surface area contributed by atoms with Crippen molar-refractivity contribution in [3.8, 4) is 22.6 Å². The first-order valence-corrected chi connectivity index (χ1v) is 9.68. The molecular weight excluding hydrogens is 390 g/mol. The molecule has 0 radical (unpaired) electrons. The number of carbonyl (C=O) groups is 2. The van der Waals surface area contributed by atoms with Crippen LogP contribution in [0.15, 0.2) is 85.5 Å². The van der Waals surface area contributed by atoms with Gasteiger partial charge in [-0.25, -0.2) is 4.98 Å².